The Kier molecular flexibility index (Phi) is 1.63. The SMILES string of the molecule is Cc1cn(S(=O)[O-])cn1. The molecule has 0 aromatic carbocycles. The molecule has 0 saturated carbocycles. The second-order valence-electron chi connectivity index (χ2n) is 1.59. The molecule has 0 aliphatic carbocycles. The van der Waals surface area contributed by atoms with Crippen molar-refractivity contribution in [1.82, 2.24) is 8.96 Å². The Morgan fingerprint density at radius 2 is 2.56 bits per heavy atom. The monoisotopic (exact) mass is 145 g/mol. The van der Waals surface area contributed by atoms with Gasteiger partial charge in [0.2, 0.25) is 0 Å². The van der Waals surface area contributed by atoms with Crippen LogP contribution < -0.4 is 0 Å². The third-order valence-corrected chi connectivity index (χ3v) is 1.41. The fourth-order valence-corrected chi connectivity index (χ4v) is 0.843. The molecule has 1 aromatic rings. The van der Waals surface area contributed by atoms with Gasteiger partial charge in [-0.3, -0.25) is 8.18 Å². The number of hydrogen-bond acceptors (Lipinski definition) is 3. The Morgan fingerprint density at radius 3 is 2.78 bits per heavy atom. The lowest BCUT2D eigenvalue weighted by Gasteiger charge is -2.01. The minimum atomic E-state index is -2.20. The van der Waals surface area contributed by atoms with E-state index >= 15 is 0 Å². The quantitative estimate of drug-likeness (QED) is 0.515. The van der Waals surface area contributed by atoms with Crippen LogP contribution in [0.25, 0.3) is 0 Å². The van der Waals surface area contributed by atoms with Crippen LogP contribution in [0.2, 0.25) is 0 Å². The number of hydrogen-bond donors (Lipinski definition) is 0. The van der Waals surface area contributed by atoms with Gasteiger partial charge in [0, 0.05) is 6.20 Å². The van der Waals surface area contributed by atoms with Gasteiger partial charge in [0.1, 0.15) is 6.33 Å². The van der Waals surface area contributed by atoms with Crippen molar-refractivity contribution in [3.63, 3.8) is 0 Å². The molecule has 0 N–H and O–H groups in total. The van der Waals surface area contributed by atoms with E-state index in [0.29, 0.717) is 5.69 Å². The van der Waals surface area contributed by atoms with Crippen LogP contribution in [0.1, 0.15) is 5.69 Å². The number of aromatic nitrogens is 2. The normalized spacial score (nSPS) is 13.6. The van der Waals surface area contributed by atoms with Crippen molar-refractivity contribution in [3.8, 4) is 0 Å². The van der Waals surface area contributed by atoms with Crippen molar-refractivity contribution < 1.29 is 8.76 Å². The van der Waals surface area contributed by atoms with E-state index in [1.807, 2.05) is 0 Å². The summed E-state index contributed by atoms with van der Waals surface area (Å²) in [4.78, 5) is 3.71. The number of imidazole rings is 1. The highest BCUT2D eigenvalue weighted by Gasteiger charge is 1.89. The molecule has 0 bridgehead atoms. The molecule has 4 nitrogen and oxygen atoms in total. The zero-order valence-electron chi connectivity index (χ0n) is 4.77. The maximum atomic E-state index is 10.1. The smallest absolute Gasteiger partial charge is 0.106 e. The van der Waals surface area contributed by atoms with Gasteiger partial charge in [0.25, 0.3) is 0 Å². The molecule has 0 radical (unpaired) electrons. The van der Waals surface area contributed by atoms with Crippen molar-refractivity contribution in [2.75, 3.05) is 0 Å². The highest BCUT2D eigenvalue weighted by Crippen LogP contribution is 1.92. The molecule has 1 atom stereocenters. The number of nitrogens with zero attached hydrogens (tertiary/aromatic N) is 2. The summed E-state index contributed by atoms with van der Waals surface area (Å²) in [6.07, 6.45) is 2.68. The molecule has 50 valence electrons. The lowest BCUT2D eigenvalue weighted by molar-refractivity contribution is 0.528. The maximum absolute atomic E-state index is 10.1. The van der Waals surface area contributed by atoms with Gasteiger partial charge in [-0.1, -0.05) is 0 Å². The molecule has 1 rings (SSSR count). The average molecular weight is 145 g/mol. The van der Waals surface area contributed by atoms with E-state index in [2.05, 4.69) is 4.98 Å². The zero-order chi connectivity index (χ0) is 6.85. The fraction of sp³-hybridized carbons (Fsp3) is 0.250. The largest absolute Gasteiger partial charge is 0.755 e. The van der Waals surface area contributed by atoms with E-state index < -0.39 is 11.3 Å². The summed E-state index contributed by atoms with van der Waals surface area (Å²) in [7, 11) is 0. The van der Waals surface area contributed by atoms with Crippen molar-refractivity contribution >= 4 is 11.3 Å². The van der Waals surface area contributed by atoms with E-state index in [1.165, 1.54) is 12.5 Å². The summed E-state index contributed by atoms with van der Waals surface area (Å²) < 4.78 is 21.3. The first-order valence-electron chi connectivity index (χ1n) is 2.30. The number of aryl methyl sites for hydroxylation is 1. The summed E-state index contributed by atoms with van der Waals surface area (Å²) >= 11 is -2.20. The molecule has 0 fully saturated rings. The predicted molar refractivity (Wildman–Crippen MR) is 31.3 cm³/mol. The minimum absolute atomic E-state index is 0.694. The topological polar surface area (TPSA) is 58.0 Å². The molecule has 5 heteroatoms. The maximum Gasteiger partial charge on any atom is 0.106 e. The van der Waals surface area contributed by atoms with Gasteiger partial charge in [0.15, 0.2) is 0 Å². The van der Waals surface area contributed by atoms with Gasteiger partial charge < -0.3 is 4.55 Å². The van der Waals surface area contributed by atoms with Crippen molar-refractivity contribution in [2.24, 2.45) is 0 Å². The molecular weight excluding hydrogens is 140 g/mol. The summed E-state index contributed by atoms with van der Waals surface area (Å²) in [6, 6.07) is 0. The van der Waals surface area contributed by atoms with Crippen molar-refractivity contribution in [2.45, 2.75) is 6.92 Å². The average Bonchev–Trinajstić information content (AvgIpc) is 2.14. The van der Waals surface area contributed by atoms with Crippen LogP contribution in [0.3, 0.4) is 0 Å². The van der Waals surface area contributed by atoms with E-state index in [4.69, 9.17) is 0 Å². The van der Waals surface area contributed by atoms with E-state index in [0.717, 1.165) is 3.97 Å². The van der Waals surface area contributed by atoms with Crippen LogP contribution >= 0.6 is 0 Å². The molecule has 9 heavy (non-hydrogen) atoms. The third-order valence-electron chi connectivity index (χ3n) is 0.861. The van der Waals surface area contributed by atoms with E-state index in [1.54, 1.807) is 6.92 Å². The van der Waals surface area contributed by atoms with Gasteiger partial charge >= 0.3 is 0 Å². The molecule has 0 saturated heterocycles. The molecule has 0 aliphatic heterocycles. The molecule has 1 heterocycles. The highest BCUT2D eigenvalue weighted by atomic mass is 32.2. The van der Waals surface area contributed by atoms with E-state index in [-0.39, 0.29) is 0 Å². The molecular formula is C4H5N2O2S-. The Labute approximate surface area is 54.9 Å². The summed E-state index contributed by atoms with van der Waals surface area (Å²) in [5.41, 5.74) is 0.694. The summed E-state index contributed by atoms with van der Waals surface area (Å²) in [5.74, 6) is 0. The lowest BCUT2D eigenvalue weighted by Crippen LogP contribution is -1.98. The van der Waals surface area contributed by atoms with Gasteiger partial charge in [-0.05, 0) is 6.92 Å². The third kappa shape index (κ3) is 1.36. The van der Waals surface area contributed by atoms with Gasteiger partial charge in [-0.25, -0.2) is 4.98 Å². The first-order valence-corrected chi connectivity index (χ1v) is 3.33. The summed E-state index contributed by atoms with van der Waals surface area (Å²) in [6.45, 7) is 1.73. The van der Waals surface area contributed by atoms with Crippen molar-refractivity contribution in [1.29, 1.82) is 0 Å². The second kappa shape index (κ2) is 2.28. The standard InChI is InChI=1S/C4H6N2O2S/c1-4-2-6(3-5-4)9(7)8/h2-3H,1H3,(H,7,8)/p-1. The Bertz CT molecular complexity index is 232. The Morgan fingerprint density at radius 1 is 1.89 bits per heavy atom. The van der Waals surface area contributed by atoms with Gasteiger partial charge in [-0.15, -0.1) is 0 Å². The Balaban J connectivity index is 2.98. The van der Waals surface area contributed by atoms with Gasteiger partial charge in [0.05, 0.1) is 17.0 Å². The molecule has 1 aromatic heterocycles. The van der Waals surface area contributed by atoms with Crippen molar-refractivity contribution in [3.05, 3.63) is 18.2 Å². The van der Waals surface area contributed by atoms with Crippen LogP contribution in [0.4, 0.5) is 0 Å². The van der Waals surface area contributed by atoms with E-state index in [9.17, 15) is 8.76 Å². The molecule has 0 spiro atoms. The first-order chi connectivity index (χ1) is 4.20. The van der Waals surface area contributed by atoms with Gasteiger partial charge in [-0.2, -0.15) is 0 Å². The fourth-order valence-electron chi connectivity index (χ4n) is 0.480. The lowest BCUT2D eigenvalue weighted by atomic mass is 10.6. The second-order valence-corrected chi connectivity index (χ2v) is 2.45. The Hall–Kier alpha value is -0.680. The van der Waals surface area contributed by atoms with Crippen LogP contribution in [-0.2, 0) is 11.3 Å². The molecule has 0 aliphatic rings. The first kappa shape index (κ1) is 6.44. The van der Waals surface area contributed by atoms with Crippen LogP contribution in [-0.4, -0.2) is 17.7 Å². The summed E-state index contributed by atoms with van der Waals surface area (Å²) in [5, 5.41) is 0. The molecule has 0 amide bonds. The minimum Gasteiger partial charge on any atom is -0.755 e. The van der Waals surface area contributed by atoms with Crippen LogP contribution in [0.15, 0.2) is 12.5 Å². The molecule has 1 unspecified atom stereocenters. The zero-order valence-corrected chi connectivity index (χ0v) is 5.59. The van der Waals surface area contributed by atoms with Crippen LogP contribution in [0, 0.1) is 6.92 Å². The highest BCUT2D eigenvalue weighted by molar-refractivity contribution is 7.77. The number of rotatable bonds is 1. The predicted octanol–water partition coefficient (Wildman–Crippen LogP) is -0.166. The van der Waals surface area contributed by atoms with Crippen LogP contribution in [0.5, 0.6) is 0 Å².